The third kappa shape index (κ3) is 5.78. The largest absolute Gasteiger partial charge is 0.0757 e. The maximum absolute atomic E-state index is 2.51. The lowest BCUT2D eigenvalue weighted by atomic mass is 9.76. The summed E-state index contributed by atoms with van der Waals surface area (Å²) in [4.78, 5) is 0. The molecule has 0 aromatic heterocycles. The molecule has 0 unspecified atom stereocenters. The molecule has 0 aliphatic heterocycles. The molecule has 0 saturated carbocycles. The van der Waals surface area contributed by atoms with Gasteiger partial charge in [0.2, 0.25) is 0 Å². The molecule has 0 nitrogen and oxygen atoms in total. The molecule has 266 valence electrons. The number of benzene rings is 9. The first-order valence-electron chi connectivity index (χ1n) is 19.8. The molecule has 0 radical (unpaired) electrons. The minimum Gasteiger partial charge on any atom is -0.0757 e. The molecule has 9 aromatic rings. The summed E-state index contributed by atoms with van der Waals surface area (Å²) in [5, 5.41) is 7.78. The van der Waals surface area contributed by atoms with Gasteiger partial charge in [-0.05, 0) is 138 Å². The van der Waals surface area contributed by atoms with E-state index in [2.05, 4.69) is 208 Å². The van der Waals surface area contributed by atoms with Crippen LogP contribution in [0.1, 0.15) is 24.0 Å². The van der Waals surface area contributed by atoms with Gasteiger partial charge in [-0.3, -0.25) is 0 Å². The lowest BCUT2D eigenvalue weighted by molar-refractivity contribution is 1.12. The van der Waals surface area contributed by atoms with E-state index in [4.69, 9.17) is 0 Å². The average molecular weight is 715 g/mol. The fourth-order valence-electron chi connectivity index (χ4n) is 9.01. The fourth-order valence-corrected chi connectivity index (χ4v) is 9.01. The minimum absolute atomic E-state index is 1.02. The molecule has 0 fully saturated rings. The van der Waals surface area contributed by atoms with Crippen LogP contribution in [0.3, 0.4) is 0 Å². The number of rotatable bonds is 6. The van der Waals surface area contributed by atoms with Crippen molar-refractivity contribution in [2.45, 2.75) is 26.7 Å². The van der Waals surface area contributed by atoms with Gasteiger partial charge in [0.25, 0.3) is 0 Å². The predicted octanol–water partition coefficient (Wildman–Crippen LogP) is 14.0. The van der Waals surface area contributed by atoms with E-state index in [1.165, 1.54) is 110 Å². The summed E-state index contributed by atoms with van der Waals surface area (Å²) in [6.45, 7) is 4.34. The van der Waals surface area contributed by atoms with Crippen molar-refractivity contribution in [3.05, 3.63) is 204 Å². The second-order valence-electron chi connectivity index (χ2n) is 15.2. The van der Waals surface area contributed by atoms with E-state index >= 15 is 0 Å². The van der Waals surface area contributed by atoms with E-state index in [9.17, 15) is 0 Å². The highest BCUT2D eigenvalue weighted by Crippen LogP contribution is 2.51. The Bertz CT molecular complexity index is 2800. The van der Waals surface area contributed by atoms with Gasteiger partial charge in [-0.15, -0.1) is 0 Å². The minimum atomic E-state index is 1.02. The molecule has 0 amide bonds. The Hall–Kier alpha value is -6.76. The van der Waals surface area contributed by atoms with E-state index in [0.29, 0.717) is 0 Å². The van der Waals surface area contributed by atoms with Crippen molar-refractivity contribution < 1.29 is 0 Å². The molecule has 0 atom stereocenters. The fraction of sp³-hybridized carbons (Fsp3) is 0.0714. The molecule has 0 spiro atoms. The van der Waals surface area contributed by atoms with E-state index in [0.717, 1.165) is 12.8 Å². The summed E-state index contributed by atoms with van der Waals surface area (Å²) in [6.07, 6.45) is 7.04. The van der Waals surface area contributed by atoms with Crippen molar-refractivity contribution in [2.75, 3.05) is 0 Å². The van der Waals surface area contributed by atoms with Crippen molar-refractivity contribution >= 4 is 33.7 Å². The topological polar surface area (TPSA) is 0 Å². The second kappa shape index (κ2) is 14.1. The predicted molar refractivity (Wildman–Crippen MR) is 241 cm³/mol. The van der Waals surface area contributed by atoms with Gasteiger partial charge in [0.05, 0.1) is 0 Å². The molecule has 10 rings (SSSR count). The van der Waals surface area contributed by atoms with Gasteiger partial charge in [0.1, 0.15) is 0 Å². The Kier molecular flexibility index (Phi) is 8.53. The van der Waals surface area contributed by atoms with Crippen LogP contribution in [0.15, 0.2) is 182 Å². The summed E-state index contributed by atoms with van der Waals surface area (Å²) in [5.41, 5.74) is 17.5. The monoisotopic (exact) mass is 714 g/mol. The second-order valence-corrected chi connectivity index (χ2v) is 15.2. The highest BCUT2D eigenvalue weighted by atomic mass is 14.3. The first-order valence-corrected chi connectivity index (χ1v) is 19.8. The zero-order chi connectivity index (χ0) is 37.6. The van der Waals surface area contributed by atoms with Crippen molar-refractivity contribution in [3.8, 4) is 66.8 Å². The number of hydrogen-bond donors (Lipinski definition) is 0. The third-order valence-electron chi connectivity index (χ3n) is 11.6. The summed E-state index contributed by atoms with van der Waals surface area (Å²) < 4.78 is 0. The normalized spacial score (nSPS) is 12.2. The van der Waals surface area contributed by atoms with Gasteiger partial charge in [-0.25, -0.2) is 0 Å². The van der Waals surface area contributed by atoms with Crippen molar-refractivity contribution in [1.82, 2.24) is 0 Å². The zero-order valence-electron chi connectivity index (χ0n) is 31.9. The molecule has 9 aromatic carbocycles. The van der Waals surface area contributed by atoms with Crippen LogP contribution in [-0.4, -0.2) is 0 Å². The SMILES string of the molecule is Cc1ccc(-c2cc3c(-c4ccccc4)c4c(-c5ccccc5)c5c(c(-c6ccccc6)c4c(-c4ccccc4)c3cc2-c2ccc(C)cc2)=CCCC=5)cc1. The Balaban J connectivity index is 1.55. The van der Waals surface area contributed by atoms with E-state index in [1.807, 2.05) is 0 Å². The van der Waals surface area contributed by atoms with Gasteiger partial charge in [-0.2, -0.15) is 0 Å². The number of hydrogen-bond acceptors (Lipinski definition) is 0. The maximum atomic E-state index is 2.51. The van der Waals surface area contributed by atoms with Crippen molar-refractivity contribution in [1.29, 1.82) is 0 Å². The van der Waals surface area contributed by atoms with Gasteiger partial charge in [-0.1, -0.05) is 193 Å². The van der Waals surface area contributed by atoms with Crippen LogP contribution in [0.5, 0.6) is 0 Å². The molecular formula is C56H42. The Labute approximate surface area is 329 Å². The molecule has 0 heterocycles. The molecule has 1 aliphatic rings. The lowest BCUT2D eigenvalue weighted by Gasteiger charge is -2.26. The van der Waals surface area contributed by atoms with Crippen LogP contribution in [0, 0.1) is 13.8 Å². The lowest BCUT2D eigenvalue weighted by Crippen LogP contribution is -2.32. The summed E-state index contributed by atoms with van der Waals surface area (Å²) in [7, 11) is 0. The van der Waals surface area contributed by atoms with Gasteiger partial charge < -0.3 is 0 Å². The molecule has 0 saturated heterocycles. The first-order chi connectivity index (χ1) is 27.6. The molecule has 56 heavy (non-hydrogen) atoms. The molecular weight excluding hydrogens is 673 g/mol. The zero-order valence-corrected chi connectivity index (χ0v) is 31.9. The molecule has 1 aliphatic carbocycles. The van der Waals surface area contributed by atoms with E-state index in [-0.39, 0.29) is 0 Å². The van der Waals surface area contributed by atoms with Crippen LogP contribution in [0.2, 0.25) is 0 Å². The van der Waals surface area contributed by atoms with E-state index in [1.54, 1.807) is 0 Å². The Morgan fingerprint density at radius 2 is 0.607 bits per heavy atom. The maximum Gasteiger partial charge on any atom is -0.000150 e. The van der Waals surface area contributed by atoms with Crippen LogP contribution < -0.4 is 10.4 Å². The van der Waals surface area contributed by atoms with Gasteiger partial charge in [0.15, 0.2) is 0 Å². The summed E-state index contributed by atoms with van der Waals surface area (Å²) >= 11 is 0. The van der Waals surface area contributed by atoms with Crippen LogP contribution >= 0.6 is 0 Å². The number of fused-ring (bicyclic) bond motifs is 3. The van der Waals surface area contributed by atoms with Gasteiger partial charge in [0, 0.05) is 0 Å². The molecule has 0 N–H and O–H groups in total. The quantitative estimate of drug-likeness (QED) is 0.150. The first kappa shape index (κ1) is 33.8. The standard InChI is InChI=1S/C56H42/c1-37-27-31-39(32-28-37)47-35-49-50(36-48(47)40-33-29-38(2)30-34-40)54(44-23-13-6-14-24-44)56-52(42-19-9-4-10-20-42)46-26-16-15-25-45(46)51(41-17-7-3-8-18-41)55(56)53(49)43-21-11-5-12-22-43/h3-14,17-36H,15-16H2,1-2H3. The third-order valence-corrected chi connectivity index (χ3v) is 11.6. The average Bonchev–Trinajstić information content (AvgIpc) is 3.26. The summed E-state index contributed by atoms with van der Waals surface area (Å²) in [5.74, 6) is 0. The van der Waals surface area contributed by atoms with Gasteiger partial charge >= 0.3 is 0 Å². The Morgan fingerprint density at radius 1 is 0.304 bits per heavy atom. The van der Waals surface area contributed by atoms with Crippen LogP contribution in [-0.2, 0) is 0 Å². The molecule has 0 bridgehead atoms. The van der Waals surface area contributed by atoms with Crippen LogP contribution in [0.4, 0.5) is 0 Å². The Morgan fingerprint density at radius 3 is 0.929 bits per heavy atom. The van der Waals surface area contributed by atoms with Crippen LogP contribution in [0.25, 0.3) is 100 Å². The van der Waals surface area contributed by atoms with E-state index < -0.39 is 0 Å². The molecule has 0 heteroatoms. The highest BCUT2D eigenvalue weighted by molar-refractivity contribution is 6.29. The number of aryl methyl sites for hydroxylation is 2. The van der Waals surface area contributed by atoms with Crippen molar-refractivity contribution in [3.63, 3.8) is 0 Å². The highest BCUT2D eigenvalue weighted by Gasteiger charge is 2.26. The van der Waals surface area contributed by atoms with Crippen molar-refractivity contribution in [2.24, 2.45) is 0 Å². The smallest absolute Gasteiger partial charge is 0.000150 e. The summed E-state index contributed by atoms with van der Waals surface area (Å²) in [6, 6.07) is 67.7.